The Balaban J connectivity index is 1.91. The van der Waals surface area contributed by atoms with E-state index in [9.17, 15) is 0 Å². The summed E-state index contributed by atoms with van der Waals surface area (Å²) in [6, 6.07) is 1.33. The monoisotopic (exact) mass is 237 g/mol. The highest BCUT2D eigenvalue weighted by Gasteiger charge is 2.38. The Morgan fingerprint density at radius 3 is 3.25 bits per heavy atom. The van der Waals surface area contributed by atoms with Gasteiger partial charge in [-0.05, 0) is 25.8 Å². The zero-order valence-corrected chi connectivity index (χ0v) is 10.5. The minimum absolute atomic E-state index is 0.593. The number of hydrogen-bond donors (Lipinski definition) is 1. The van der Waals surface area contributed by atoms with Crippen molar-refractivity contribution < 1.29 is 0 Å². The van der Waals surface area contributed by atoms with Crippen LogP contribution < -0.4 is 5.32 Å². The second-order valence-electron chi connectivity index (χ2n) is 4.98. The number of rotatable bonds is 1. The Morgan fingerprint density at radius 2 is 2.44 bits per heavy atom. The lowest BCUT2D eigenvalue weighted by Crippen LogP contribution is -2.34. The van der Waals surface area contributed by atoms with Crippen LogP contribution in [0, 0.1) is 5.92 Å². The summed E-state index contributed by atoms with van der Waals surface area (Å²) in [4.78, 5) is 8.21. The van der Waals surface area contributed by atoms with Gasteiger partial charge in [-0.15, -0.1) is 11.3 Å². The lowest BCUT2D eigenvalue weighted by atomic mass is 9.93. The molecular formula is C12H19N3S. The third-order valence-electron chi connectivity index (χ3n) is 4.06. The molecule has 4 heteroatoms. The lowest BCUT2D eigenvalue weighted by Gasteiger charge is -2.31. The van der Waals surface area contributed by atoms with Crippen molar-refractivity contribution in [2.45, 2.75) is 31.3 Å². The van der Waals surface area contributed by atoms with Gasteiger partial charge < -0.3 is 5.32 Å². The molecule has 2 fully saturated rings. The van der Waals surface area contributed by atoms with E-state index in [1.165, 1.54) is 24.1 Å². The first kappa shape index (κ1) is 10.7. The Morgan fingerprint density at radius 1 is 1.50 bits per heavy atom. The lowest BCUT2D eigenvalue weighted by molar-refractivity contribution is 0.196. The van der Waals surface area contributed by atoms with Crippen LogP contribution in [0.1, 0.15) is 30.2 Å². The molecule has 1 aromatic rings. The maximum atomic E-state index is 4.25. The molecule has 1 saturated carbocycles. The SMILES string of the molecule is CN1CCNC2CCC[C@H]2[C@@H]1c1cncs1. The van der Waals surface area contributed by atoms with Gasteiger partial charge in [0.25, 0.3) is 0 Å². The molecule has 3 atom stereocenters. The van der Waals surface area contributed by atoms with E-state index in [2.05, 4.69) is 28.4 Å². The third-order valence-corrected chi connectivity index (χ3v) is 4.91. The number of nitrogens with zero attached hydrogens (tertiary/aromatic N) is 2. The number of thiazole rings is 1. The first-order valence-electron chi connectivity index (χ1n) is 6.18. The number of aromatic nitrogens is 1. The second-order valence-corrected chi connectivity index (χ2v) is 5.90. The fourth-order valence-electron chi connectivity index (χ4n) is 3.31. The van der Waals surface area contributed by atoms with Crippen LogP contribution in [-0.4, -0.2) is 36.1 Å². The average Bonchev–Trinajstić information content (AvgIpc) is 2.90. The van der Waals surface area contributed by atoms with Crippen molar-refractivity contribution in [3.05, 3.63) is 16.6 Å². The average molecular weight is 237 g/mol. The molecule has 1 aliphatic heterocycles. The highest BCUT2D eigenvalue weighted by molar-refractivity contribution is 7.09. The summed E-state index contributed by atoms with van der Waals surface area (Å²) in [7, 11) is 2.26. The summed E-state index contributed by atoms with van der Waals surface area (Å²) in [6.45, 7) is 2.28. The number of fused-ring (bicyclic) bond motifs is 1. The maximum Gasteiger partial charge on any atom is 0.0794 e. The molecule has 0 amide bonds. The predicted molar refractivity (Wildman–Crippen MR) is 66.6 cm³/mol. The van der Waals surface area contributed by atoms with Crippen molar-refractivity contribution in [2.75, 3.05) is 20.1 Å². The first-order chi connectivity index (χ1) is 7.86. The smallest absolute Gasteiger partial charge is 0.0794 e. The summed E-state index contributed by atoms with van der Waals surface area (Å²) < 4.78 is 0. The zero-order chi connectivity index (χ0) is 11.0. The van der Waals surface area contributed by atoms with Crippen LogP contribution >= 0.6 is 11.3 Å². The highest BCUT2D eigenvalue weighted by atomic mass is 32.1. The molecule has 1 unspecified atom stereocenters. The molecule has 1 aromatic heterocycles. The van der Waals surface area contributed by atoms with E-state index in [1.807, 2.05) is 16.8 Å². The van der Waals surface area contributed by atoms with Gasteiger partial charge in [-0.25, -0.2) is 0 Å². The molecular weight excluding hydrogens is 218 g/mol. The fraction of sp³-hybridized carbons (Fsp3) is 0.750. The van der Waals surface area contributed by atoms with E-state index >= 15 is 0 Å². The number of hydrogen-bond acceptors (Lipinski definition) is 4. The summed E-state index contributed by atoms with van der Waals surface area (Å²) in [5, 5.41) is 3.71. The van der Waals surface area contributed by atoms with Crippen molar-refractivity contribution in [2.24, 2.45) is 5.92 Å². The molecule has 88 valence electrons. The van der Waals surface area contributed by atoms with E-state index in [-0.39, 0.29) is 0 Å². The first-order valence-corrected chi connectivity index (χ1v) is 7.06. The topological polar surface area (TPSA) is 28.2 Å². The van der Waals surface area contributed by atoms with Crippen LogP contribution in [0.15, 0.2) is 11.7 Å². The highest BCUT2D eigenvalue weighted by Crippen LogP contribution is 2.41. The van der Waals surface area contributed by atoms with Gasteiger partial charge in [0.15, 0.2) is 0 Å². The van der Waals surface area contributed by atoms with E-state index in [1.54, 1.807) is 0 Å². The van der Waals surface area contributed by atoms with Crippen molar-refractivity contribution in [1.29, 1.82) is 0 Å². The minimum atomic E-state index is 0.593. The van der Waals surface area contributed by atoms with Crippen LogP contribution in [-0.2, 0) is 0 Å². The van der Waals surface area contributed by atoms with E-state index in [4.69, 9.17) is 0 Å². The molecule has 3 rings (SSSR count). The molecule has 1 N–H and O–H groups in total. The molecule has 0 radical (unpaired) electrons. The van der Waals surface area contributed by atoms with Crippen molar-refractivity contribution in [3.8, 4) is 0 Å². The minimum Gasteiger partial charge on any atom is -0.312 e. The van der Waals surface area contributed by atoms with E-state index in [0.717, 1.165) is 25.0 Å². The standard InChI is InChI=1S/C12H19N3S/c1-15-6-5-14-10-4-2-3-9(10)12(15)11-7-13-8-16-11/h7-10,12,14H,2-6H2,1H3/t9-,10?,12-/m1/s1. The molecule has 2 heterocycles. The van der Waals surface area contributed by atoms with Gasteiger partial charge in [0, 0.05) is 36.2 Å². The molecule has 3 nitrogen and oxygen atoms in total. The molecule has 0 aromatic carbocycles. The Labute approximate surface area is 101 Å². The summed E-state index contributed by atoms with van der Waals surface area (Å²) in [6.07, 6.45) is 6.16. The van der Waals surface area contributed by atoms with Gasteiger partial charge >= 0.3 is 0 Å². The normalized spacial score (nSPS) is 35.9. The Bertz CT molecular complexity index is 338. The zero-order valence-electron chi connectivity index (χ0n) is 9.72. The van der Waals surface area contributed by atoms with Gasteiger partial charge in [-0.2, -0.15) is 0 Å². The summed E-state index contributed by atoms with van der Waals surface area (Å²) >= 11 is 1.81. The van der Waals surface area contributed by atoms with Gasteiger partial charge in [-0.3, -0.25) is 9.88 Å². The quantitative estimate of drug-likeness (QED) is 0.808. The van der Waals surface area contributed by atoms with Crippen LogP contribution in [0.3, 0.4) is 0 Å². The second kappa shape index (κ2) is 4.43. The van der Waals surface area contributed by atoms with Gasteiger partial charge in [0.05, 0.1) is 5.51 Å². The summed E-state index contributed by atoms with van der Waals surface area (Å²) in [5.74, 6) is 0.785. The van der Waals surface area contributed by atoms with E-state index < -0.39 is 0 Å². The molecule has 16 heavy (non-hydrogen) atoms. The molecule has 0 spiro atoms. The van der Waals surface area contributed by atoms with E-state index in [0.29, 0.717) is 6.04 Å². The van der Waals surface area contributed by atoms with Gasteiger partial charge in [-0.1, -0.05) is 6.42 Å². The number of nitrogens with one attached hydrogen (secondary N) is 1. The van der Waals surface area contributed by atoms with Crippen LogP contribution in [0.2, 0.25) is 0 Å². The van der Waals surface area contributed by atoms with Crippen molar-refractivity contribution >= 4 is 11.3 Å². The fourth-order valence-corrected chi connectivity index (χ4v) is 4.17. The van der Waals surface area contributed by atoms with Crippen LogP contribution in [0.4, 0.5) is 0 Å². The molecule has 0 bridgehead atoms. The molecule has 1 saturated heterocycles. The van der Waals surface area contributed by atoms with Crippen LogP contribution in [0.5, 0.6) is 0 Å². The molecule has 2 aliphatic rings. The number of likely N-dealkylation sites (N-methyl/N-ethyl adjacent to an activating group) is 1. The predicted octanol–water partition coefficient (Wildman–Crippen LogP) is 1.89. The Kier molecular flexibility index (Phi) is 2.96. The molecule has 1 aliphatic carbocycles. The van der Waals surface area contributed by atoms with Crippen molar-refractivity contribution in [3.63, 3.8) is 0 Å². The maximum absolute atomic E-state index is 4.25. The van der Waals surface area contributed by atoms with Gasteiger partial charge in [0.2, 0.25) is 0 Å². The van der Waals surface area contributed by atoms with Crippen LogP contribution in [0.25, 0.3) is 0 Å². The van der Waals surface area contributed by atoms with Gasteiger partial charge in [0.1, 0.15) is 0 Å². The van der Waals surface area contributed by atoms with Crippen molar-refractivity contribution in [1.82, 2.24) is 15.2 Å². The summed E-state index contributed by atoms with van der Waals surface area (Å²) in [5.41, 5.74) is 1.96. The largest absolute Gasteiger partial charge is 0.312 e. The Hall–Kier alpha value is -0.450. The third kappa shape index (κ3) is 1.79.